The second-order valence-corrected chi connectivity index (χ2v) is 8.56. The molecular weight excluding hydrogens is 344 g/mol. The molecule has 2 atom stereocenters. The van der Waals surface area contributed by atoms with E-state index in [1.165, 1.54) is 22.7 Å². The average molecular weight is 364 g/mol. The third kappa shape index (κ3) is 4.18. The van der Waals surface area contributed by atoms with Crippen LogP contribution in [0.3, 0.4) is 0 Å². The van der Waals surface area contributed by atoms with Gasteiger partial charge >= 0.3 is 0 Å². The molecule has 0 aliphatic heterocycles. The van der Waals surface area contributed by atoms with Gasteiger partial charge in [-0.15, -0.1) is 22.7 Å². The molecule has 2 N–H and O–H groups in total. The van der Waals surface area contributed by atoms with Crippen molar-refractivity contribution in [3.8, 4) is 0 Å². The molecule has 6 nitrogen and oxygen atoms in total. The molecule has 8 heteroatoms. The smallest absolute Gasteiger partial charge is 0.229 e. The van der Waals surface area contributed by atoms with E-state index in [-0.39, 0.29) is 23.7 Å². The zero-order valence-electron chi connectivity index (χ0n) is 13.7. The number of nitrogens with one attached hydrogen (secondary N) is 2. The molecule has 0 spiro atoms. The summed E-state index contributed by atoms with van der Waals surface area (Å²) >= 11 is 2.92. The van der Waals surface area contributed by atoms with Gasteiger partial charge in [-0.1, -0.05) is 6.42 Å². The predicted octanol–water partition coefficient (Wildman–Crippen LogP) is 3.60. The summed E-state index contributed by atoms with van der Waals surface area (Å²) < 4.78 is 0. The van der Waals surface area contributed by atoms with Crippen LogP contribution in [0, 0.1) is 25.7 Å². The van der Waals surface area contributed by atoms with Crippen molar-refractivity contribution in [1.29, 1.82) is 0 Å². The first-order chi connectivity index (χ1) is 11.5. The normalized spacial score (nSPS) is 20.6. The maximum absolute atomic E-state index is 12.4. The predicted molar refractivity (Wildman–Crippen MR) is 96.4 cm³/mol. The number of aryl methyl sites for hydroxylation is 2. The minimum absolute atomic E-state index is 0.0352. The highest BCUT2D eigenvalue weighted by Crippen LogP contribution is 2.31. The molecule has 3 rings (SSSR count). The molecule has 0 unspecified atom stereocenters. The Morgan fingerprint density at radius 1 is 0.958 bits per heavy atom. The molecule has 1 fully saturated rings. The van der Waals surface area contributed by atoms with Crippen LogP contribution in [0.15, 0.2) is 12.4 Å². The molecule has 2 heterocycles. The van der Waals surface area contributed by atoms with E-state index in [2.05, 4.69) is 20.6 Å². The fraction of sp³-hybridized carbons (Fsp3) is 0.500. The van der Waals surface area contributed by atoms with Crippen LogP contribution in [-0.4, -0.2) is 21.8 Å². The van der Waals surface area contributed by atoms with E-state index in [9.17, 15) is 9.59 Å². The first-order valence-electron chi connectivity index (χ1n) is 7.98. The number of anilines is 2. The quantitative estimate of drug-likeness (QED) is 0.868. The molecule has 1 saturated carbocycles. The molecule has 2 aromatic rings. The van der Waals surface area contributed by atoms with Crippen LogP contribution in [0.5, 0.6) is 0 Å². The van der Waals surface area contributed by atoms with Crippen molar-refractivity contribution in [3.63, 3.8) is 0 Å². The fourth-order valence-corrected chi connectivity index (χ4v) is 4.24. The number of amides is 2. The van der Waals surface area contributed by atoms with Crippen LogP contribution in [-0.2, 0) is 9.59 Å². The highest BCUT2D eigenvalue weighted by molar-refractivity contribution is 7.16. The number of rotatable bonds is 4. The van der Waals surface area contributed by atoms with Gasteiger partial charge in [-0.05, 0) is 33.1 Å². The number of carbonyl (C=O) groups is 2. The van der Waals surface area contributed by atoms with Crippen LogP contribution < -0.4 is 10.6 Å². The van der Waals surface area contributed by atoms with Crippen molar-refractivity contribution in [3.05, 3.63) is 22.1 Å². The van der Waals surface area contributed by atoms with Crippen LogP contribution in [0.4, 0.5) is 10.3 Å². The van der Waals surface area contributed by atoms with Crippen molar-refractivity contribution >= 4 is 44.8 Å². The van der Waals surface area contributed by atoms with Crippen molar-refractivity contribution in [2.45, 2.75) is 39.5 Å². The van der Waals surface area contributed by atoms with E-state index in [0.29, 0.717) is 16.7 Å². The second kappa shape index (κ2) is 7.40. The zero-order chi connectivity index (χ0) is 17.1. The molecule has 1 aliphatic rings. The Morgan fingerprint density at radius 3 is 1.79 bits per heavy atom. The SMILES string of the molecule is Cc1cnc(NC(=O)[C@@H]2CCC[C@H](C(=O)Nc3ncc(C)s3)C2)s1. The van der Waals surface area contributed by atoms with Crippen LogP contribution in [0.25, 0.3) is 0 Å². The van der Waals surface area contributed by atoms with Crippen LogP contribution in [0.2, 0.25) is 0 Å². The topological polar surface area (TPSA) is 84.0 Å². The van der Waals surface area contributed by atoms with Gasteiger partial charge in [0.1, 0.15) is 0 Å². The lowest BCUT2D eigenvalue weighted by Crippen LogP contribution is -2.33. The lowest BCUT2D eigenvalue weighted by Gasteiger charge is -2.27. The Kier molecular flexibility index (Phi) is 5.25. The van der Waals surface area contributed by atoms with E-state index < -0.39 is 0 Å². The largest absolute Gasteiger partial charge is 0.302 e. The van der Waals surface area contributed by atoms with Crippen molar-refractivity contribution in [2.75, 3.05) is 10.6 Å². The highest BCUT2D eigenvalue weighted by atomic mass is 32.1. The Hall–Kier alpha value is -1.80. The molecule has 2 amide bonds. The summed E-state index contributed by atoms with van der Waals surface area (Å²) in [5, 5.41) is 7.00. The monoisotopic (exact) mass is 364 g/mol. The van der Waals surface area contributed by atoms with E-state index >= 15 is 0 Å². The Labute approximate surface area is 148 Å². The van der Waals surface area contributed by atoms with Crippen molar-refractivity contribution in [1.82, 2.24) is 9.97 Å². The van der Waals surface area contributed by atoms with Gasteiger partial charge in [0.15, 0.2) is 10.3 Å². The Balaban J connectivity index is 1.57. The molecule has 1 aliphatic carbocycles. The molecule has 0 radical (unpaired) electrons. The van der Waals surface area contributed by atoms with E-state index in [1.54, 1.807) is 12.4 Å². The number of carbonyl (C=O) groups excluding carboxylic acids is 2. The minimum atomic E-state index is -0.142. The third-order valence-corrected chi connectivity index (χ3v) is 5.78. The summed E-state index contributed by atoms with van der Waals surface area (Å²) in [6.45, 7) is 3.91. The molecule has 24 heavy (non-hydrogen) atoms. The van der Waals surface area contributed by atoms with Gasteiger partial charge in [0.2, 0.25) is 11.8 Å². The van der Waals surface area contributed by atoms with Crippen LogP contribution >= 0.6 is 22.7 Å². The summed E-state index contributed by atoms with van der Waals surface area (Å²) in [6.07, 6.45) is 6.57. The van der Waals surface area contributed by atoms with Crippen LogP contribution in [0.1, 0.15) is 35.4 Å². The molecule has 0 bridgehead atoms. The van der Waals surface area contributed by atoms with Gasteiger partial charge in [0.25, 0.3) is 0 Å². The number of thiazole rings is 2. The maximum atomic E-state index is 12.4. The summed E-state index contributed by atoms with van der Waals surface area (Å²) in [6, 6.07) is 0. The zero-order valence-corrected chi connectivity index (χ0v) is 15.3. The Bertz CT molecular complexity index is 680. The lowest BCUT2D eigenvalue weighted by atomic mass is 9.80. The van der Waals surface area contributed by atoms with Gasteiger partial charge in [-0.3, -0.25) is 9.59 Å². The standard InChI is InChI=1S/C16H20N4O2S2/c1-9-7-17-15(23-9)19-13(21)11-4-3-5-12(6-11)14(22)20-16-18-8-10(2)24-16/h7-8,11-12H,3-6H2,1-2H3,(H,17,19,21)(H,18,20,22)/t11-,12+. The molecular formula is C16H20N4O2S2. The van der Waals surface area contributed by atoms with Crippen molar-refractivity contribution < 1.29 is 9.59 Å². The lowest BCUT2D eigenvalue weighted by molar-refractivity contribution is -0.124. The number of hydrogen-bond acceptors (Lipinski definition) is 6. The number of aromatic nitrogens is 2. The fourth-order valence-electron chi connectivity index (χ4n) is 2.91. The van der Waals surface area contributed by atoms with Gasteiger partial charge in [0, 0.05) is 34.0 Å². The van der Waals surface area contributed by atoms with E-state index in [1.807, 2.05) is 13.8 Å². The second-order valence-electron chi connectivity index (χ2n) is 6.09. The highest BCUT2D eigenvalue weighted by Gasteiger charge is 2.31. The summed E-state index contributed by atoms with van der Waals surface area (Å²) in [5.74, 6) is -0.354. The summed E-state index contributed by atoms with van der Waals surface area (Å²) in [4.78, 5) is 35.3. The molecule has 0 saturated heterocycles. The van der Waals surface area contributed by atoms with Gasteiger partial charge in [-0.2, -0.15) is 0 Å². The Morgan fingerprint density at radius 2 is 1.42 bits per heavy atom. The molecule has 0 aromatic carbocycles. The minimum Gasteiger partial charge on any atom is -0.302 e. The van der Waals surface area contributed by atoms with Gasteiger partial charge < -0.3 is 10.6 Å². The third-order valence-electron chi connectivity index (χ3n) is 4.12. The molecule has 128 valence electrons. The van der Waals surface area contributed by atoms with Gasteiger partial charge in [-0.25, -0.2) is 9.97 Å². The summed E-state index contributed by atoms with van der Waals surface area (Å²) in [7, 11) is 0. The summed E-state index contributed by atoms with van der Waals surface area (Å²) in [5.41, 5.74) is 0. The van der Waals surface area contributed by atoms with E-state index in [0.717, 1.165) is 29.0 Å². The van der Waals surface area contributed by atoms with Gasteiger partial charge in [0.05, 0.1) is 0 Å². The number of hydrogen-bond donors (Lipinski definition) is 2. The van der Waals surface area contributed by atoms with Crippen molar-refractivity contribution in [2.24, 2.45) is 11.8 Å². The average Bonchev–Trinajstić information content (AvgIpc) is 3.15. The first kappa shape index (κ1) is 17.0. The maximum Gasteiger partial charge on any atom is 0.229 e. The van der Waals surface area contributed by atoms with E-state index in [4.69, 9.17) is 0 Å². The molecule has 2 aromatic heterocycles. The first-order valence-corrected chi connectivity index (χ1v) is 9.61. The number of nitrogens with zero attached hydrogens (tertiary/aromatic N) is 2.